The maximum Gasteiger partial charge on any atom is 0.309 e. The molecule has 0 saturated carbocycles. The minimum Gasteiger partial charge on any atom is -0.455 e. The van der Waals surface area contributed by atoms with E-state index in [0.717, 1.165) is 5.57 Å². The number of esters is 1. The SMILES string of the molecule is C/C1=C/C[C@@H](c2csc(-c3ncccn3)n2)OC(=O)C[C@@H](O)C(C)(C)C(=O)[C@H](C)[C@H](O)[C@H](C)/C=C\C1. The van der Waals surface area contributed by atoms with Crippen LogP contribution in [0.3, 0.4) is 0 Å². The van der Waals surface area contributed by atoms with Gasteiger partial charge in [-0.05, 0) is 19.4 Å². The van der Waals surface area contributed by atoms with E-state index in [4.69, 9.17) is 4.74 Å². The molecule has 0 saturated heterocycles. The molecule has 0 fully saturated rings. The average Bonchev–Trinajstić information content (AvgIpc) is 3.35. The highest BCUT2D eigenvalue weighted by molar-refractivity contribution is 7.13. The molecule has 5 atom stereocenters. The topological polar surface area (TPSA) is 123 Å². The van der Waals surface area contributed by atoms with Crippen molar-refractivity contribution < 1.29 is 24.5 Å². The summed E-state index contributed by atoms with van der Waals surface area (Å²) in [6.07, 6.45) is 7.03. The van der Waals surface area contributed by atoms with Crippen LogP contribution in [0.4, 0.5) is 0 Å². The molecular formula is C27H35N3O5S. The number of aliphatic hydroxyl groups excluding tert-OH is 2. The maximum absolute atomic E-state index is 13.2. The lowest BCUT2D eigenvalue weighted by molar-refractivity contribution is -0.156. The number of hydrogen-bond acceptors (Lipinski definition) is 9. The van der Waals surface area contributed by atoms with Gasteiger partial charge in [0.15, 0.2) is 10.8 Å². The van der Waals surface area contributed by atoms with E-state index < -0.39 is 35.6 Å². The monoisotopic (exact) mass is 513 g/mol. The molecule has 2 aromatic rings. The normalized spacial score (nSPS) is 30.8. The van der Waals surface area contributed by atoms with Crippen molar-refractivity contribution in [3.05, 3.63) is 53.3 Å². The number of carbonyl (C=O) groups is 2. The van der Waals surface area contributed by atoms with Gasteiger partial charge in [0, 0.05) is 36.0 Å². The van der Waals surface area contributed by atoms with Gasteiger partial charge in [-0.15, -0.1) is 11.3 Å². The second kappa shape index (κ2) is 12.0. The van der Waals surface area contributed by atoms with Crippen molar-refractivity contribution in [1.29, 1.82) is 0 Å². The van der Waals surface area contributed by atoms with E-state index in [1.165, 1.54) is 11.3 Å². The molecule has 194 valence electrons. The summed E-state index contributed by atoms with van der Waals surface area (Å²) in [5, 5.41) is 24.0. The Balaban J connectivity index is 1.91. The van der Waals surface area contributed by atoms with Crippen LogP contribution in [0.1, 0.15) is 65.7 Å². The fourth-order valence-corrected chi connectivity index (χ4v) is 4.94. The Morgan fingerprint density at radius 2 is 1.83 bits per heavy atom. The fourth-order valence-electron chi connectivity index (χ4n) is 4.13. The van der Waals surface area contributed by atoms with Gasteiger partial charge in [0.05, 0.1) is 29.7 Å². The highest BCUT2D eigenvalue weighted by Crippen LogP contribution is 2.33. The molecule has 0 amide bonds. The minimum atomic E-state index is -1.27. The van der Waals surface area contributed by atoms with Crippen LogP contribution in [0.15, 0.2) is 47.6 Å². The Kier molecular flexibility index (Phi) is 9.27. The molecule has 36 heavy (non-hydrogen) atoms. The number of rotatable bonds is 2. The van der Waals surface area contributed by atoms with Crippen molar-refractivity contribution in [3.63, 3.8) is 0 Å². The van der Waals surface area contributed by atoms with Gasteiger partial charge in [0.1, 0.15) is 11.9 Å². The summed E-state index contributed by atoms with van der Waals surface area (Å²) < 4.78 is 5.78. The van der Waals surface area contributed by atoms with Crippen LogP contribution >= 0.6 is 11.3 Å². The van der Waals surface area contributed by atoms with Crippen LogP contribution < -0.4 is 0 Å². The molecule has 1 aliphatic rings. The second-order valence-corrected chi connectivity index (χ2v) is 10.8. The van der Waals surface area contributed by atoms with Gasteiger partial charge >= 0.3 is 5.97 Å². The van der Waals surface area contributed by atoms with Gasteiger partial charge in [-0.3, -0.25) is 9.59 Å². The van der Waals surface area contributed by atoms with Crippen LogP contribution in [-0.4, -0.2) is 49.1 Å². The number of cyclic esters (lactones) is 1. The number of Topliss-reactive ketones (excluding diaryl/α,β-unsaturated/α-hetero) is 1. The van der Waals surface area contributed by atoms with Crippen LogP contribution in [0.5, 0.6) is 0 Å². The molecule has 3 rings (SSSR count). The van der Waals surface area contributed by atoms with E-state index in [-0.39, 0.29) is 18.1 Å². The standard InChI is InChI=1S/C27H35N3O5S/c1-16-8-6-9-17(2)23(33)18(3)24(34)27(4,5)21(31)14-22(32)35-20(11-10-16)19-15-36-26(30-19)25-28-12-7-13-29-25/h6-7,9-10,12-13,15,17-18,20-21,23,31,33H,8,11,14H2,1-5H3/b9-6-,16-10-/t17-,18-,20+,21-,23-/m1/s1. The highest BCUT2D eigenvalue weighted by Gasteiger charge is 2.42. The van der Waals surface area contributed by atoms with E-state index in [9.17, 15) is 19.8 Å². The molecule has 2 aromatic heterocycles. The largest absolute Gasteiger partial charge is 0.455 e. The number of carbonyl (C=O) groups excluding carboxylic acids is 2. The molecule has 1 aliphatic heterocycles. The number of ketones is 1. The lowest BCUT2D eigenvalue weighted by atomic mass is 9.73. The number of nitrogens with zero attached hydrogens (tertiary/aromatic N) is 3. The summed E-state index contributed by atoms with van der Waals surface area (Å²) in [6.45, 7) is 8.69. The predicted octanol–water partition coefficient (Wildman–Crippen LogP) is 4.46. The zero-order chi connectivity index (χ0) is 26.5. The summed E-state index contributed by atoms with van der Waals surface area (Å²) in [4.78, 5) is 39.2. The Morgan fingerprint density at radius 3 is 2.53 bits per heavy atom. The van der Waals surface area contributed by atoms with Gasteiger partial charge in [-0.1, -0.05) is 51.5 Å². The Morgan fingerprint density at radius 1 is 1.14 bits per heavy atom. The zero-order valence-electron chi connectivity index (χ0n) is 21.4. The van der Waals surface area contributed by atoms with Crippen molar-refractivity contribution in [2.45, 2.75) is 72.2 Å². The molecule has 9 heteroatoms. The average molecular weight is 514 g/mol. The summed E-state index contributed by atoms with van der Waals surface area (Å²) in [5.74, 6) is -1.40. The van der Waals surface area contributed by atoms with Gasteiger partial charge in [0.25, 0.3) is 0 Å². The highest BCUT2D eigenvalue weighted by atomic mass is 32.1. The summed E-state index contributed by atoms with van der Waals surface area (Å²) >= 11 is 1.36. The number of aromatic nitrogens is 3. The first-order chi connectivity index (χ1) is 17.0. The van der Waals surface area contributed by atoms with Crippen LogP contribution in [0, 0.1) is 17.3 Å². The van der Waals surface area contributed by atoms with Gasteiger partial charge in [0.2, 0.25) is 0 Å². The van der Waals surface area contributed by atoms with E-state index in [1.807, 2.05) is 37.5 Å². The smallest absolute Gasteiger partial charge is 0.309 e. The molecule has 0 aromatic carbocycles. The first-order valence-electron chi connectivity index (χ1n) is 12.2. The summed E-state index contributed by atoms with van der Waals surface area (Å²) in [7, 11) is 0. The Hall–Kier alpha value is -2.75. The maximum atomic E-state index is 13.2. The van der Waals surface area contributed by atoms with Gasteiger partial charge < -0.3 is 14.9 Å². The van der Waals surface area contributed by atoms with Crippen molar-refractivity contribution in [2.24, 2.45) is 17.3 Å². The second-order valence-electron chi connectivity index (χ2n) is 9.99. The van der Waals surface area contributed by atoms with E-state index >= 15 is 0 Å². The van der Waals surface area contributed by atoms with E-state index in [2.05, 4.69) is 15.0 Å². The molecular weight excluding hydrogens is 478 g/mol. The van der Waals surface area contributed by atoms with Gasteiger partial charge in [-0.25, -0.2) is 15.0 Å². The van der Waals surface area contributed by atoms with E-state index in [0.29, 0.717) is 29.4 Å². The number of thiazole rings is 1. The van der Waals surface area contributed by atoms with Crippen LogP contribution in [0.25, 0.3) is 10.8 Å². The molecule has 8 nitrogen and oxygen atoms in total. The third-order valence-electron chi connectivity index (χ3n) is 6.74. The molecule has 0 bridgehead atoms. The molecule has 2 N–H and O–H groups in total. The zero-order valence-corrected chi connectivity index (χ0v) is 22.2. The lowest BCUT2D eigenvalue weighted by Crippen LogP contribution is -2.45. The number of allylic oxidation sites excluding steroid dienone is 2. The van der Waals surface area contributed by atoms with Gasteiger partial charge in [-0.2, -0.15) is 0 Å². The predicted molar refractivity (Wildman–Crippen MR) is 138 cm³/mol. The van der Waals surface area contributed by atoms with Crippen molar-refractivity contribution in [3.8, 4) is 10.8 Å². The van der Waals surface area contributed by atoms with Crippen molar-refractivity contribution in [2.75, 3.05) is 0 Å². The first-order valence-corrected chi connectivity index (χ1v) is 13.0. The first kappa shape index (κ1) is 27.8. The third kappa shape index (κ3) is 6.72. The quantitative estimate of drug-likeness (QED) is 0.446. The van der Waals surface area contributed by atoms with Crippen LogP contribution in [-0.2, 0) is 14.3 Å². The molecule has 0 unspecified atom stereocenters. The van der Waals surface area contributed by atoms with Crippen molar-refractivity contribution in [1.82, 2.24) is 15.0 Å². The number of ether oxygens (including phenoxy) is 1. The number of aliphatic hydroxyl groups is 2. The molecule has 0 spiro atoms. The number of hydrogen-bond donors (Lipinski definition) is 2. The molecule has 3 heterocycles. The summed E-state index contributed by atoms with van der Waals surface area (Å²) in [6, 6.07) is 1.73. The fraction of sp³-hybridized carbons (Fsp3) is 0.519. The lowest BCUT2D eigenvalue weighted by Gasteiger charge is -2.34. The van der Waals surface area contributed by atoms with Crippen molar-refractivity contribution >= 4 is 23.1 Å². The Bertz CT molecular complexity index is 1110. The molecule has 0 aliphatic carbocycles. The third-order valence-corrected chi connectivity index (χ3v) is 7.59. The van der Waals surface area contributed by atoms with Crippen LogP contribution in [0.2, 0.25) is 0 Å². The summed E-state index contributed by atoms with van der Waals surface area (Å²) in [5.41, 5.74) is 0.393. The Labute approximate surface area is 216 Å². The molecule has 0 radical (unpaired) electrons. The minimum absolute atomic E-state index is 0.246. The van der Waals surface area contributed by atoms with E-state index in [1.54, 1.807) is 39.2 Å².